The smallest absolute Gasteiger partial charge is 0.308 e. The normalized spacial score (nSPS) is 24.9. The van der Waals surface area contributed by atoms with E-state index >= 15 is 0 Å². The highest BCUT2D eigenvalue weighted by Crippen LogP contribution is 2.25. The van der Waals surface area contributed by atoms with Gasteiger partial charge < -0.3 is 10.1 Å². The van der Waals surface area contributed by atoms with Gasteiger partial charge in [-0.15, -0.1) is 0 Å². The van der Waals surface area contributed by atoms with Gasteiger partial charge in [0.05, 0.1) is 12.5 Å². The number of carbonyl (C=O) groups is 2. The van der Waals surface area contributed by atoms with E-state index in [1.165, 1.54) is 0 Å². The molecule has 0 unspecified atom stereocenters. The Morgan fingerprint density at radius 3 is 2.31 bits per heavy atom. The van der Waals surface area contributed by atoms with Gasteiger partial charge in [-0.1, -0.05) is 6.92 Å². The summed E-state index contributed by atoms with van der Waals surface area (Å²) in [6.07, 6.45) is 3.95. The number of amides is 1. The first kappa shape index (κ1) is 13.0. The first-order valence-electron chi connectivity index (χ1n) is 6.13. The molecule has 1 rings (SSSR count). The zero-order chi connectivity index (χ0) is 12.0. The molecule has 1 aliphatic rings. The van der Waals surface area contributed by atoms with Gasteiger partial charge >= 0.3 is 5.97 Å². The molecule has 0 bridgehead atoms. The van der Waals surface area contributed by atoms with Gasteiger partial charge in [0.2, 0.25) is 5.91 Å². The van der Waals surface area contributed by atoms with Gasteiger partial charge in [0.15, 0.2) is 0 Å². The number of ether oxygens (including phenoxy) is 1. The van der Waals surface area contributed by atoms with E-state index in [4.69, 9.17) is 4.74 Å². The van der Waals surface area contributed by atoms with E-state index in [-0.39, 0.29) is 23.8 Å². The quantitative estimate of drug-likeness (QED) is 0.743. The van der Waals surface area contributed by atoms with Crippen molar-refractivity contribution in [2.24, 2.45) is 5.92 Å². The standard InChI is InChI=1S/C12H21NO3/c1-3-11(14)13-10-7-5-9(6-8-10)12(15)16-4-2/h9-10H,3-8H2,1-2H3,(H,13,14). The highest BCUT2D eigenvalue weighted by atomic mass is 16.5. The molecule has 16 heavy (non-hydrogen) atoms. The van der Waals surface area contributed by atoms with E-state index in [1.807, 2.05) is 13.8 Å². The van der Waals surface area contributed by atoms with Crippen LogP contribution in [0.15, 0.2) is 0 Å². The Morgan fingerprint density at radius 2 is 1.81 bits per heavy atom. The van der Waals surface area contributed by atoms with Gasteiger partial charge in [-0.3, -0.25) is 9.59 Å². The van der Waals surface area contributed by atoms with E-state index in [2.05, 4.69) is 5.32 Å². The van der Waals surface area contributed by atoms with Crippen molar-refractivity contribution in [1.82, 2.24) is 5.32 Å². The molecule has 1 aliphatic carbocycles. The van der Waals surface area contributed by atoms with Crippen LogP contribution in [0.2, 0.25) is 0 Å². The third kappa shape index (κ3) is 3.83. The Bertz CT molecular complexity index is 245. The Labute approximate surface area is 96.7 Å². The van der Waals surface area contributed by atoms with Gasteiger partial charge in [0, 0.05) is 12.5 Å². The molecule has 0 aliphatic heterocycles. The predicted molar refractivity (Wildman–Crippen MR) is 60.8 cm³/mol. The van der Waals surface area contributed by atoms with E-state index in [9.17, 15) is 9.59 Å². The number of hydrogen-bond donors (Lipinski definition) is 1. The number of carbonyl (C=O) groups excluding carboxylic acids is 2. The molecule has 0 aromatic carbocycles. The molecular formula is C12H21NO3. The zero-order valence-corrected chi connectivity index (χ0v) is 10.1. The largest absolute Gasteiger partial charge is 0.466 e. The van der Waals surface area contributed by atoms with Crippen LogP contribution < -0.4 is 5.32 Å². The highest BCUT2D eigenvalue weighted by molar-refractivity contribution is 5.76. The molecular weight excluding hydrogens is 206 g/mol. The maximum atomic E-state index is 11.5. The van der Waals surface area contributed by atoms with Crippen molar-refractivity contribution in [2.45, 2.75) is 52.0 Å². The Hall–Kier alpha value is -1.06. The van der Waals surface area contributed by atoms with Crippen molar-refractivity contribution in [3.63, 3.8) is 0 Å². The number of esters is 1. The predicted octanol–water partition coefficient (Wildman–Crippen LogP) is 1.63. The Morgan fingerprint density at radius 1 is 1.19 bits per heavy atom. The average molecular weight is 227 g/mol. The Balaban J connectivity index is 2.28. The molecule has 1 saturated carbocycles. The van der Waals surface area contributed by atoms with Gasteiger partial charge in [0.1, 0.15) is 0 Å². The summed E-state index contributed by atoms with van der Waals surface area (Å²) in [4.78, 5) is 22.7. The minimum absolute atomic E-state index is 0.0368. The van der Waals surface area contributed by atoms with Gasteiger partial charge in [-0.05, 0) is 32.6 Å². The fraction of sp³-hybridized carbons (Fsp3) is 0.833. The lowest BCUT2D eigenvalue weighted by atomic mass is 9.86. The number of hydrogen-bond acceptors (Lipinski definition) is 3. The minimum atomic E-state index is -0.0808. The monoisotopic (exact) mass is 227 g/mol. The van der Waals surface area contributed by atoms with E-state index in [1.54, 1.807) is 0 Å². The van der Waals surface area contributed by atoms with Crippen LogP contribution in [-0.2, 0) is 14.3 Å². The number of rotatable bonds is 4. The van der Waals surface area contributed by atoms with Crippen LogP contribution in [-0.4, -0.2) is 24.5 Å². The molecule has 1 N–H and O–H groups in total. The third-order valence-corrected chi connectivity index (χ3v) is 3.03. The third-order valence-electron chi connectivity index (χ3n) is 3.03. The molecule has 0 aromatic rings. The maximum absolute atomic E-state index is 11.5. The van der Waals surface area contributed by atoms with Crippen molar-refractivity contribution < 1.29 is 14.3 Å². The Kier molecular flexibility index (Phi) is 5.29. The van der Waals surface area contributed by atoms with Crippen molar-refractivity contribution in [2.75, 3.05) is 6.61 Å². The maximum Gasteiger partial charge on any atom is 0.308 e. The summed E-state index contributed by atoms with van der Waals surface area (Å²) in [5.41, 5.74) is 0. The molecule has 1 fully saturated rings. The van der Waals surface area contributed by atoms with Crippen LogP contribution in [0.1, 0.15) is 46.0 Å². The first-order valence-corrected chi connectivity index (χ1v) is 6.13. The molecule has 92 valence electrons. The zero-order valence-electron chi connectivity index (χ0n) is 10.1. The minimum Gasteiger partial charge on any atom is -0.466 e. The summed E-state index contributed by atoms with van der Waals surface area (Å²) in [5, 5.41) is 2.97. The molecule has 0 spiro atoms. The highest BCUT2D eigenvalue weighted by Gasteiger charge is 2.27. The van der Waals surface area contributed by atoms with Gasteiger partial charge in [0.25, 0.3) is 0 Å². The van der Waals surface area contributed by atoms with E-state index < -0.39 is 0 Å². The molecule has 0 saturated heterocycles. The van der Waals surface area contributed by atoms with E-state index in [0.29, 0.717) is 13.0 Å². The summed E-state index contributed by atoms with van der Waals surface area (Å²) in [6, 6.07) is 0.248. The topological polar surface area (TPSA) is 55.4 Å². The van der Waals surface area contributed by atoms with Crippen LogP contribution in [0.3, 0.4) is 0 Å². The molecule has 1 amide bonds. The average Bonchev–Trinajstić information content (AvgIpc) is 2.30. The second-order valence-electron chi connectivity index (χ2n) is 4.22. The molecule has 0 aromatic heterocycles. The summed E-state index contributed by atoms with van der Waals surface area (Å²) < 4.78 is 4.99. The van der Waals surface area contributed by atoms with Crippen LogP contribution in [0.5, 0.6) is 0 Å². The summed E-state index contributed by atoms with van der Waals surface area (Å²) in [5.74, 6) is 0.0529. The molecule has 4 nitrogen and oxygen atoms in total. The van der Waals surface area contributed by atoms with Crippen LogP contribution >= 0.6 is 0 Å². The first-order chi connectivity index (χ1) is 7.67. The fourth-order valence-corrected chi connectivity index (χ4v) is 2.06. The number of nitrogens with one attached hydrogen (secondary N) is 1. The summed E-state index contributed by atoms with van der Waals surface area (Å²) in [6.45, 7) is 4.12. The molecule has 0 heterocycles. The lowest BCUT2D eigenvalue weighted by molar-refractivity contribution is -0.149. The molecule has 0 atom stereocenters. The van der Waals surface area contributed by atoms with E-state index in [0.717, 1.165) is 25.7 Å². The summed E-state index contributed by atoms with van der Waals surface area (Å²) in [7, 11) is 0. The second kappa shape index (κ2) is 6.51. The van der Waals surface area contributed by atoms with Crippen molar-refractivity contribution in [3.05, 3.63) is 0 Å². The van der Waals surface area contributed by atoms with Crippen molar-refractivity contribution in [1.29, 1.82) is 0 Å². The SMILES string of the molecule is CCOC(=O)C1CCC(NC(=O)CC)CC1. The lowest BCUT2D eigenvalue weighted by Crippen LogP contribution is -2.38. The fourth-order valence-electron chi connectivity index (χ4n) is 2.06. The second-order valence-corrected chi connectivity index (χ2v) is 4.22. The molecule has 0 radical (unpaired) electrons. The van der Waals surface area contributed by atoms with Gasteiger partial charge in [-0.25, -0.2) is 0 Å². The molecule has 4 heteroatoms. The van der Waals surface area contributed by atoms with Crippen molar-refractivity contribution >= 4 is 11.9 Å². The lowest BCUT2D eigenvalue weighted by Gasteiger charge is -2.27. The van der Waals surface area contributed by atoms with Gasteiger partial charge in [-0.2, -0.15) is 0 Å². The van der Waals surface area contributed by atoms with Crippen molar-refractivity contribution in [3.8, 4) is 0 Å². The van der Waals surface area contributed by atoms with Crippen LogP contribution in [0.4, 0.5) is 0 Å². The van der Waals surface area contributed by atoms with Crippen LogP contribution in [0.25, 0.3) is 0 Å². The van der Waals surface area contributed by atoms with Crippen LogP contribution in [0, 0.1) is 5.92 Å². The summed E-state index contributed by atoms with van der Waals surface area (Å²) >= 11 is 0.